The van der Waals surface area contributed by atoms with Gasteiger partial charge in [0.15, 0.2) is 0 Å². The molecule has 0 fully saturated rings. The first-order valence-electron chi connectivity index (χ1n) is 9.03. The first-order valence-corrected chi connectivity index (χ1v) is 9.03. The summed E-state index contributed by atoms with van der Waals surface area (Å²) in [6, 6.07) is 13.5. The highest BCUT2D eigenvalue weighted by atomic mass is 35.5. The normalized spacial score (nSPS) is 13.2. The summed E-state index contributed by atoms with van der Waals surface area (Å²) in [5.41, 5.74) is 2.19. The number of nitrogens with zero attached hydrogens (tertiary/aromatic N) is 5. The Morgan fingerprint density at radius 1 is 1.14 bits per heavy atom. The molecule has 1 aromatic carbocycles. The molecule has 9 heteroatoms. The van der Waals surface area contributed by atoms with Crippen LogP contribution in [-0.4, -0.2) is 36.7 Å². The first kappa shape index (κ1) is 18.9. The number of aromatic nitrogens is 4. The van der Waals surface area contributed by atoms with E-state index in [4.69, 9.17) is 4.42 Å². The van der Waals surface area contributed by atoms with Gasteiger partial charge in [-0.2, -0.15) is 10.2 Å². The molecule has 0 saturated heterocycles. The third-order valence-electron chi connectivity index (χ3n) is 5.00. The van der Waals surface area contributed by atoms with Gasteiger partial charge in [0.25, 0.3) is 5.56 Å². The smallest absolute Gasteiger partial charge is 0.293 e. The van der Waals surface area contributed by atoms with Gasteiger partial charge in [0, 0.05) is 12.1 Å². The van der Waals surface area contributed by atoms with Crippen LogP contribution < -0.4 is 5.56 Å². The Balaban J connectivity index is 0.00000205. The molecular formula is C20H18ClN5O3. The van der Waals surface area contributed by atoms with E-state index in [2.05, 4.69) is 10.2 Å². The minimum Gasteiger partial charge on any atom is -0.459 e. The Morgan fingerprint density at radius 3 is 2.79 bits per heavy atom. The summed E-state index contributed by atoms with van der Waals surface area (Å²) >= 11 is 0. The number of fused-ring (bicyclic) bond motifs is 2. The minimum absolute atomic E-state index is 0. The predicted octanol–water partition coefficient (Wildman–Crippen LogP) is 2.16. The van der Waals surface area contributed by atoms with Crippen LogP contribution >= 0.6 is 12.4 Å². The van der Waals surface area contributed by atoms with Gasteiger partial charge < -0.3 is 9.32 Å². The lowest BCUT2D eigenvalue weighted by atomic mass is 10.1. The second-order valence-electron chi connectivity index (χ2n) is 6.75. The Morgan fingerprint density at radius 2 is 1.97 bits per heavy atom. The number of hydrogen-bond donors (Lipinski definition) is 0. The largest absolute Gasteiger partial charge is 0.459 e. The van der Waals surface area contributed by atoms with Gasteiger partial charge in [-0.05, 0) is 24.1 Å². The van der Waals surface area contributed by atoms with Gasteiger partial charge in [-0.1, -0.05) is 30.3 Å². The number of benzene rings is 1. The number of rotatable bonds is 3. The maximum absolute atomic E-state index is 12.7. The Labute approximate surface area is 171 Å². The van der Waals surface area contributed by atoms with E-state index in [0.29, 0.717) is 18.6 Å². The van der Waals surface area contributed by atoms with Crippen molar-refractivity contribution < 1.29 is 9.21 Å². The predicted molar refractivity (Wildman–Crippen MR) is 108 cm³/mol. The van der Waals surface area contributed by atoms with Crippen molar-refractivity contribution >= 4 is 23.8 Å². The molecule has 3 aromatic heterocycles. The summed E-state index contributed by atoms with van der Waals surface area (Å²) in [6.07, 6.45) is 3.68. The second kappa shape index (κ2) is 7.56. The van der Waals surface area contributed by atoms with Crippen LogP contribution in [0.4, 0.5) is 0 Å². The quantitative estimate of drug-likeness (QED) is 0.515. The summed E-state index contributed by atoms with van der Waals surface area (Å²) in [5, 5.41) is 8.01. The lowest BCUT2D eigenvalue weighted by molar-refractivity contribution is -0.133. The van der Waals surface area contributed by atoms with Crippen LogP contribution in [-0.2, 0) is 24.3 Å². The molecule has 5 rings (SSSR count). The third kappa shape index (κ3) is 3.42. The van der Waals surface area contributed by atoms with Gasteiger partial charge in [0.2, 0.25) is 5.91 Å². The standard InChI is InChI=1S/C20H17N5O3.ClH/c26-19(12-24-20(27)16-6-8-21-25(16)13-22-24)23-9-7-15-10-17(28-18(15)11-23)14-4-2-1-3-5-14;/h1-6,8,10,13H,7,9,11-12H2;1H. The minimum atomic E-state index is -0.338. The summed E-state index contributed by atoms with van der Waals surface area (Å²) in [7, 11) is 0. The Bertz CT molecular complexity index is 1230. The third-order valence-corrected chi connectivity index (χ3v) is 5.00. The van der Waals surface area contributed by atoms with Crippen molar-refractivity contribution in [1.82, 2.24) is 24.3 Å². The zero-order valence-corrected chi connectivity index (χ0v) is 16.2. The molecule has 4 heterocycles. The summed E-state index contributed by atoms with van der Waals surface area (Å²) < 4.78 is 8.57. The van der Waals surface area contributed by atoms with E-state index in [0.717, 1.165) is 29.1 Å². The van der Waals surface area contributed by atoms with Crippen molar-refractivity contribution in [3.05, 3.63) is 76.7 Å². The highest BCUT2D eigenvalue weighted by Gasteiger charge is 2.25. The van der Waals surface area contributed by atoms with E-state index in [9.17, 15) is 9.59 Å². The van der Waals surface area contributed by atoms with Crippen molar-refractivity contribution in [3.63, 3.8) is 0 Å². The number of hydrogen-bond acceptors (Lipinski definition) is 5. The maximum atomic E-state index is 12.7. The topological polar surface area (TPSA) is 85.6 Å². The van der Waals surface area contributed by atoms with E-state index >= 15 is 0 Å². The van der Waals surface area contributed by atoms with E-state index < -0.39 is 0 Å². The van der Waals surface area contributed by atoms with Gasteiger partial charge in [-0.15, -0.1) is 12.4 Å². The van der Waals surface area contributed by atoms with E-state index in [1.165, 1.54) is 21.7 Å². The number of furan rings is 1. The van der Waals surface area contributed by atoms with E-state index in [1.54, 1.807) is 11.0 Å². The molecule has 0 bridgehead atoms. The van der Waals surface area contributed by atoms with Crippen LogP contribution in [0.1, 0.15) is 11.3 Å². The fraction of sp³-hybridized carbons (Fsp3) is 0.200. The molecule has 148 valence electrons. The molecule has 29 heavy (non-hydrogen) atoms. The maximum Gasteiger partial charge on any atom is 0.293 e. The second-order valence-corrected chi connectivity index (χ2v) is 6.75. The number of amides is 1. The Hall–Kier alpha value is -3.39. The highest BCUT2D eigenvalue weighted by molar-refractivity contribution is 5.85. The Kier molecular flexibility index (Phi) is 4.94. The molecule has 1 aliphatic rings. The van der Waals surface area contributed by atoms with E-state index in [-0.39, 0.29) is 30.4 Å². The summed E-state index contributed by atoms with van der Waals surface area (Å²) in [6.45, 7) is 0.871. The molecule has 0 unspecified atom stereocenters. The van der Waals surface area contributed by atoms with Gasteiger partial charge in [0.1, 0.15) is 29.9 Å². The van der Waals surface area contributed by atoms with Crippen molar-refractivity contribution in [2.24, 2.45) is 0 Å². The highest BCUT2D eigenvalue weighted by Crippen LogP contribution is 2.29. The van der Waals surface area contributed by atoms with Gasteiger partial charge >= 0.3 is 0 Å². The van der Waals surface area contributed by atoms with Gasteiger partial charge in [-0.3, -0.25) is 9.59 Å². The van der Waals surface area contributed by atoms with Crippen LogP contribution in [0.2, 0.25) is 0 Å². The molecule has 0 N–H and O–H groups in total. The molecule has 0 radical (unpaired) electrons. The average molecular weight is 412 g/mol. The molecule has 0 saturated carbocycles. The SMILES string of the molecule is Cl.O=C(Cn1ncn2nccc2c1=O)N1CCc2cc(-c3ccccc3)oc2C1. The zero-order valence-electron chi connectivity index (χ0n) is 15.4. The van der Waals surface area contributed by atoms with Crippen molar-refractivity contribution in [1.29, 1.82) is 0 Å². The van der Waals surface area contributed by atoms with Crippen LogP contribution in [0, 0.1) is 0 Å². The molecule has 0 spiro atoms. The average Bonchev–Trinajstić information content (AvgIpc) is 3.37. The molecule has 0 atom stereocenters. The number of halogens is 1. The molecular weight excluding hydrogens is 394 g/mol. The van der Waals surface area contributed by atoms with Crippen molar-refractivity contribution in [2.45, 2.75) is 19.5 Å². The number of carbonyl (C=O) groups is 1. The van der Waals surface area contributed by atoms with Crippen LogP contribution in [0.5, 0.6) is 0 Å². The molecule has 0 aliphatic carbocycles. The summed E-state index contributed by atoms with van der Waals surface area (Å²) in [5.74, 6) is 1.44. The number of carbonyl (C=O) groups excluding carboxylic acids is 1. The van der Waals surface area contributed by atoms with Crippen LogP contribution in [0.25, 0.3) is 16.8 Å². The lowest BCUT2D eigenvalue weighted by Crippen LogP contribution is -2.40. The van der Waals surface area contributed by atoms with Crippen molar-refractivity contribution in [2.75, 3.05) is 6.54 Å². The molecule has 8 nitrogen and oxygen atoms in total. The fourth-order valence-corrected chi connectivity index (χ4v) is 3.49. The van der Waals surface area contributed by atoms with E-state index in [1.807, 2.05) is 36.4 Å². The molecule has 4 aromatic rings. The molecule has 1 amide bonds. The summed E-state index contributed by atoms with van der Waals surface area (Å²) in [4.78, 5) is 26.9. The van der Waals surface area contributed by atoms with Crippen LogP contribution in [0.3, 0.4) is 0 Å². The van der Waals surface area contributed by atoms with Gasteiger partial charge in [0.05, 0.1) is 12.7 Å². The monoisotopic (exact) mass is 411 g/mol. The lowest BCUT2D eigenvalue weighted by Gasteiger charge is -2.26. The van der Waals surface area contributed by atoms with Crippen molar-refractivity contribution in [3.8, 4) is 11.3 Å². The van der Waals surface area contributed by atoms with Gasteiger partial charge in [-0.25, -0.2) is 9.20 Å². The van der Waals surface area contributed by atoms with Crippen LogP contribution in [0.15, 0.2) is 64.2 Å². The zero-order chi connectivity index (χ0) is 19.1. The fourth-order valence-electron chi connectivity index (χ4n) is 3.49. The first-order chi connectivity index (χ1) is 13.7. The molecule has 1 aliphatic heterocycles.